The average Bonchev–Trinajstić information content (AvgIpc) is 3.01. The number of aromatic amines is 1. The third-order valence-corrected chi connectivity index (χ3v) is 4.48. The number of amides is 1. The number of carbonyl (C=O) groups is 1. The standard InChI is InChI=1S/C18H26N4O2S/c1-4-6-12-21(5-2)16(23)11-13-22-17(19-20-18(22)25)14-7-9-15(24-3)10-8-14/h7-10H,4-6,11-13H2,1-3H3,(H,20,25). The maximum atomic E-state index is 12.4. The highest BCUT2D eigenvalue weighted by atomic mass is 32.1. The van der Waals surface area contributed by atoms with Crippen LogP contribution >= 0.6 is 12.2 Å². The summed E-state index contributed by atoms with van der Waals surface area (Å²) in [5.41, 5.74) is 0.930. The minimum atomic E-state index is 0.153. The van der Waals surface area contributed by atoms with Gasteiger partial charge in [0.05, 0.1) is 7.11 Å². The summed E-state index contributed by atoms with van der Waals surface area (Å²) in [5.74, 6) is 1.67. The highest BCUT2D eigenvalue weighted by Crippen LogP contribution is 2.21. The molecule has 0 atom stereocenters. The van der Waals surface area contributed by atoms with Gasteiger partial charge in [-0.05, 0) is 49.8 Å². The van der Waals surface area contributed by atoms with Gasteiger partial charge >= 0.3 is 0 Å². The average molecular weight is 362 g/mol. The van der Waals surface area contributed by atoms with Crippen molar-refractivity contribution >= 4 is 18.1 Å². The second-order valence-corrected chi connectivity index (χ2v) is 6.20. The first-order valence-corrected chi connectivity index (χ1v) is 9.08. The Bertz CT molecular complexity index is 736. The molecule has 2 rings (SSSR count). The smallest absolute Gasteiger partial charge is 0.224 e. The van der Waals surface area contributed by atoms with Gasteiger partial charge in [-0.15, -0.1) is 0 Å². The van der Waals surface area contributed by atoms with Gasteiger partial charge in [-0.25, -0.2) is 0 Å². The SMILES string of the molecule is CCCCN(CC)C(=O)CCn1c(-c2ccc(OC)cc2)n[nH]c1=S. The highest BCUT2D eigenvalue weighted by molar-refractivity contribution is 7.71. The summed E-state index contributed by atoms with van der Waals surface area (Å²) in [6.07, 6.45) is 2.52. The molecule has 2 aromatic rings. The number of hydrogen-bond donors (Lipinski definition) is 1. The molecule has 1 aromatic carbocycles. The number of ether oxygens (including phenoxy) is 1. The van der Waals surface area contributed by atoms with Crippen LogP contribution in [0.2, 0.25) is 0 Å². The van der Waals surface area contributed by atoms with Gasteiger partial charge in [0, 0.05) is 31.6 Å². The van der Waals surface area contributed by atoms with Crippen LogP contribution in [0.15, 0.2) is 24.3 Å². The second-order valence-electron chi connectivity index (χ2n) is 5.81. The van der Waals surface area contributed by atoms with E-state index in [9.17, 15) is 4.79 Å². The summed E-state index contributed by atoms with van der Waals surface area (Å²) in [6.45, 7) is 6.21. The third-order valence-electron chi connectivity index (χ3n) is 4.17. The summed E-state index contributed by atoms with van der Waals surface area (Å²) in [5, 5.41) is 7.14. The monoisotopic (exact) mass is 362 g/mol. The number of methoxy groups -OCH3 is 1. The quantitative estimate of drug-likeness (QED) is 0.692. The molecule has 1 amide bonds. The van der Waals surface area contributed by atoms with Gasteiger partial charge in [0.25, 0.3) is 0 Å². The van der Waals surface area contributed by atoms with Crippen molar-refractivity contribution in [2.24, 2.45) is 0 Å². The first-order valence-electron chi connectivity index (χ1n) is 8.68. The molecule has 0 aliphatic carbocycles. The number of rotatable bonds is 9. The lowest BCUT2D eigenvalue weighted by Crippen LogP contribution is -2.32. The lowest BCUT2D eigenvalue weighted by atomic mass is 10.2. The van der Waals surface area contributed by atoms with E-state index in [2.05, 4.69) is 17.1 Å². The molecule has 1 N–H and O–H groups in total. The van der Waals surface area contributed by atoms with Crippen LogP contribution in [0.25, 0.3) is 11.4 Å². The van der Waals surface area contributed by atoms with E-state index >= 15 is 0 Å². The minimum absolute atomic E-state index is 0.153. The predicted molar refractivity (Wildman–Crippen MR) is 101 cm³/mol. The van der Waals surface area contributed by atoms with E-state index in [1.54, 1.807) is 7.11 Å². The van der Waals surface area contributed by atoms with Crippen LogP contribution < -0.4 is 4.74 Å². The van der Waals surface area contributed by atoms with Crippen molar-refractivity contribution in [3.8, 4) is 17.1 Å². The van der Waals surface area contributed by atoms with Crippen LogP contribution in [0.4, 0.5) is 0 Å². The van der Waals surface area contributed by atoms with Crippen LogP contribution in [0, 0.1) is 4.77 Å². The van der Waals surface area contributed by atoms with Crippen LogP contribution in [-0.4, -0.2) is 45.8 Å². The molecule has 0 fully saturated rings. The van der Waals surface area contributed by atoms with Crippen molar-refractivity contribution in [2.45, 2.75) is 39.7 Å². The van der Waals surface area contributed by atoms with Crippen LogP contribution in [0.5, 0.6) is 5.75 Å². The molecule has 0 unspecified atom stereocenters. The Morgan fingerprint density at radius 2 is 2.04 bits per heavy atom. The summed E-state index contributed by atoms with van der Waals surface area (Å²) in [6, 6.07) is 7.63. The fourth-order valence-electron chi connectivity index (χ4n) is 2.66. The fraction of sp³-hybridized carbons (Fsp3) is 0.500. The van der Waals surface area contributed by atoms with E-state index in [1.807, 2.05) is 40.7 Å². The molecule has 6 nitrogen and oxygen atoms in total. The number of aromatic nitrogens is 3. The zero-order chi connectivity index (χ0) is 18.2. The first kappa shape index (κ1) is 19.2. The van der Waals surface area contributed by atoms with Gasteiger partial charge in [-0.1, -0.05) is 13.3 Å². The van der Waals surface area contributed by atoms with Gasteiger partial charge < -0.3 is 9.64 Å². The number of unbranched alkanes of at least 4 members (excludes halogenated alkanes) is 1. The normalized spacial score (nSPS) is 10.7. The third kappa shape index (κ3) is 4.92. The van der Waals surface area contributed by atoms with Crippen molar-refractivity contribution < 1.29 is 9.53 Å². The molecule has 0 saturated carbocycles. The molecule has 7 heteroatoms. The Morgan fingerprint density at radius 3 is 2.64 bits per heavy atom. The van der Waals surface area contributed by atoms with Crippen molar-refractivity contribution in [1.29, 1.82) is 0 Å². The topological polar surface area (TPSA) is 63.1 Å². The number of carbonyl (C=O) groups excluding carboxylic acids is 1. The molecule has 0 aliphatic heterocycles. The fourth-order valence-corrected chi connectivity index (χ4v) is 2.88. The molecule has 0 bridgehead atoms. The second kappa shape index (κ2) is 9.36. The van der Waals surface area contributed by atoms with E-state index < -0.39 is 0 Å². The Hall–Kier alpha value is -2.15. The van der Waals surface area contributed by atoms with E-state index in [0.29, 0.717) is 17.7 Å². The Balaban J connectivity index is 2.11. The van der Waals surface area contributed by atoms with Crippen LogP contribution in [-0.2, 0) is 11.3 Å². The molecule has 136 valence electrons. The summed E-state index contributed by atoms with van der Waals surface area (Å²) in [7, 11) is 1.63. The number of H-pyrrole nitrogens is 1. The number of nitrogens with one attached hydrogen (secondary N) is 1. The molecule has 1 aromatic heterocycles. The van der Waals surface area contributed by atoms with Gasteiger partial charge in [0.2, 0.25) is 5.91 Å². The first-order chi connectivity index (χ1) is 12.1. The maximum absolute atomic E-state index is 12.4. The minimum Gasteiger partial charge on any atom is -0.497 e. The van der Waals surface area contributed by atoms with Crippen LogP contribution in [0.1, 0.15) is 33.1 Å². The molecule has 0 spiro atoms. The zero-order valence-electron chi connectivity index (χ0n) is 15.1. The van der Waals surface area contributed by atoms with Gasteiger partial charge in [-0.3, -0.25) is 14.5 Å². The van der Waals surface area contributed by atoms with Crippen LogP contribution in [0.3, 0.4) is 0 Å². The highest BCUT2D eigenvalue weighted by Gasteiger charge is 2.14. The molecule has 1 heterocycles. The molecule has 0 radical (unpaired) electrons. The number of hydrogen-bond acceptors (Lipinski definition) is 4. The van der Waals surface area contributed by atoms with E-state index in [4.69, 9.17) is 17.0 Å². The number of benzene rings is 1. The number of nitrogens with zero attached hydrogens (tertiary/aromatic N) is 3. The van der Waals surface area contributed by atoms with Crippen molar-refractivity contribution in [3.63, 3.8) is 0 Å². The molecule has 0 aliphatic rings. The van der Waals surface area contributed by atoms with E-state index in [1.165, 1.54) is 0 Å². The Morgan fingerprint density at radius 1 is 1.32 bits per heavy atom. The van der Waals surface area contributed by atoms with Crippen molar-refractivity contribution in [3.05, 3.63) is 29.0 Å². The molecule has 25 heavy (non-hydrogen) atoms. The molecular formula is C18H26N4O2S. The van der Waals surface area contributed by atoms with Gasteiger partial charge in [0.15, 0.2) is 10.6 Å². The predicted octanol–water partition coefficient (Wildman–Crippen LogP) is 3.65. The Labute approximate surface area is 153 Å². The van der Waals surface area contributed by atoms with Crippen molar-refractivity contribution in [1.82, 2.24) is 19.7 Å². The van der Waals surface area contributed by atoms with Crippen molar-refractivity contribution in [2.75, 3.05) is 20.2 Å². The van der Waals surface area contributed by atoms with Gasteiger partial charge in [-0.2, -0.15) is 5.10 Å². The zero-order valence-corrected chi connectivity index (χ0v) is 15.9. The lowest BCUT2D eigenvalue weighted by Gasteiger charge is -2.20. The summed E-state index contributed by atoms with van der Waals surface area (Å²) >= 11 is 5.33. The van der Waals surface area contributed by atoms with E-state index in [0.717, 1.165) is 43.1 Å². The Kier molecular flexibility index (Phi) is 7.18. The van der Waals surface area contributed by atoms with E-state index in [-0.39, 0.29) is 5.91 Å². The summed E-state index contributed by atoms with van der Waals surface area (Å²) < 4.78 is 7.59. The lowest BCUT2D eigenvalue weighted by molar-refractivity contribution is -0.131. The molecule has 0 saturated heterocycles. The van der Waals surface area contributed by atoms with Gasteiger partial charge in [0.1, 0.15) is 5.75 Å². The summed E-state index contributed by atoms with van der Waals surface area (Å²) in [4.78, 5) is 14.4. The largest absolute Gasteiger partial charge is 0.497 e. The molecular weight excluding hydrogens is 336 g/mol. The maximum Gasteiger partial charge on any atom is 0.224 e.